The molecule has 0 saturated heterocycles. The Hall–Kier alpha value is -2.47. The van der Waals surface area contributed by atoms with Gasteiger partial charge in [0.05, 0.1) is 16.0 Å². The highest BCUT2D eigenvalue weighted by molar-refractivity contribution is 7.13. The van der Waals surface area contributed by atoms with E-state index in [1.165, 1.54) is 6.07 Å². The first kappa shape index (κ1) is 16.7. The molecular weight excluding hydrogens is 363 g/mol. The molecule has 5 rings (SSSR count). The van der Waals surface area contributed by atoms with E-state index in [0.29, 0.717) is 11.5 Å². The van der Waals surface area contributed by atoms with Crippen LogP contribution in [0.2, 0.25) is 0 Å². The van der Waals surface area contributed by atoms with Crippen LogP contribution in [0.15, 0.2) is 46.3 Å². The Kier molecular flexibility index (Phi) is 3.72. The van der Waals surface area contributed by atoms with Gasteiger partial charge >= 0.3 is 0 Å². The first-order valence-electron chi connectivity index (χ1n) is 9.22. The topological polar surface area (TPSA) is 46.3 Å². The maximum Gasteiger partial charge on any atom is 0.239 e. The maximum absolute atomic E-state index is 13.6. The van der Waals surface area contributed by atoms with Crippen molar-refractivity contribution in [3.8, 4) is 10.6 Å². The molecule has 1 aliphatic carbocycles. The van der Waals surface area contributed by atoms with Crippen LogP contribution in [0.4, 0.5) is 10.1 Å². The average Bonchev–Trinajstić information content (AvgIpc) is 3.08. The molecule has 0 unspecified atom stereocenters. The van der Waals surface area contributed by atoms with E-state index in [-0.39, 0.29) is 17.8 Å². The molecule has 27 heavy (non-hydrogen) atoms. The fourth-order valence-electron chi connectivity index (χ4n) is 4.00. The summed E-state index contributed by atoms with van der Waals surface area (Å²) < 4.78 is 19.2. The third kappa shape index (κ3) is 2.62. The van der Waals surface area contributed by atoms with Gasteiger partial charge in [-0.3, -0.25) is 4.79 Å². The molecular formula is C21H19FN2O2S. The number of anilines is 1. The fraction of sp³-hybridized carbons (Fsp3) is 0.333. The Labute approximate surface area is 160 Å². The van der Waals surface area contributed by atoms with Crippen LogP contribution in [-0.4, -0.2) is 17.1 Å². The molecule has 1 amide bonds. The van der Waals surface area contributed by atoms with Gasteiger partial charge in [-0.15, -0.1) is 11.3 Å². The lowest BCUT2D eigenvalue weighted by atomic mass is 9.92. The molecule has 1 aromatic carbocycles. The molecule has 1 saturated carbocycles. The van der Waals surface area contributed by atoms with Crippen molar-refractivity contribution in [1.29, 1.82) is 0 Å². The molecule has 3 heterocycles. The number of nitrogens with zero attached hydrogens (tertiary/aromatic N) is 2. The summed E-state index contributed by atoms with van der Waals surface area (Å²) in [6.07, 6.45) is 3.15. The number of rotatable bonds is 3. The van der Waals surface area contributed by atoms with Crippen LogP contribution >= 0.6 is 11.3 Å². The van der Waals surface area contributed by atoms with Crippen molar-refractivity contribution in [2.24, 2.45) is 0 Å². The quantitative estimate of drug-likeness (QED) is 0.644. The van der Waals surface area contributed by atoms with E-state index in [0.717, 1.165) is 41.8 Å². The van der Waals surface area contributed by atoms with Crippen molar-refractivity contribution >= 4 is 22.9 Å². The molecule has 6 heteroatoms. The van der Waals surface area contributed by atoms with Gasteiger partial charge in [0.25, 0.3) is 0 Å². The van der Waals surface area contributed by atoms with E-state index in [9.17, 15) is 9.18 Å². The van der Waals surface area contributed by atoms with Crippen LogP contribution in [0.25, 0.3) is 10.6 Å². The molecule has 3 aromatic rings. The summed E-state index contributed by atoms with van der Waals surface area (Å²) in [6, 6.07) is 10.6. The Balaban J connectivity index is 1.51. The number of fused-ring (bicyclic) bond motifs is 1. The average molecular weight is 382 g/mol. The Morgan fingerprint density at radius 1 is 1.33 bits per heavy atom. The number of aromatic nitrogens is 1. The van der Waals surface area contributed by atoms with Gasteiger partial charge in [0.15, 0.2) is 5.76 Å². The van der Waals surface area contributed by atoms with Gasteiger partial charge in [0.2, 0.25) is 5.91 Å². The molecule has 0 N–H and O–H groups in total. The number of thiophene rings is 1. The second-order valence-corrected chi connectivity index (χ2v) is 8.42. The maximum atomic E-state index is 13.6. The molecule has 1 fully saturated rings. The highest BCUT2D eigenvalue weighted by Gasteiger charge is 2.56. The Morgan fingerprint density at radius 3 is 2.93 bits per heavy atom. The zero-order valence-corrected chi connectivity index (χ0v) is 15.8. The predicted octanol–water partition coefficient (Wildman–Crippen LogP) is 4.94. The monoisotopic (exact) mass is 382 g/mol. The molecule has 1 atom stereocenters. The van der Waals surface area contributed by atoms with Crippen molar-refractivity contribution in [2.45, 2.75) is 44.1 Å². The largest absolute Gasteiger partial charge is 0.355 e. The summed E-state index contributed by atoms with van der Waals surface area (Å²) in [5.41, 5.74) is 1.82. The zero-order chi connectivity index (χ0) is 18.6. The summed E-state index contributed by atoms with van der Waals surface area (Å²) >= 11 is 1.58. The number of benzene rings is 1. The summed E-state index contributed by atoms with van der Waals surface area (Å²) in [6.45, 7) is 2.06. The second kappa shape index (κ2) is 6.02. The van der Waals surface area contributed by atoms with E-state index < -0.39 is 5.41 Å². The minimum absolute atomic E-state index is 0.0496. The van der Waals surface area contributed by atoms with Crippen LogP contribution in [-0.2, 0) is 16.6 Å². The van der Waals surface area contributed by atoms with E-state index >= 15 is 0 Å². The highest BCUT2D eigenvalue weighted by Crippen LogP contribution is 2.51. The number of hydrogen-bond donors (Lipinski definition) is 0. The number of hydrogen-bond acceptors (Lipinski definition) is 4. The minimum Gasteiger partial charge on any atom is -0.355 e. The highest BCUT2D eigenvalue weighted by atomic mass is 32.1. The molecule has 0 spiro atoms. The number of carbonyl (C=O) groups is 1. The number of halogens is 1. The molecule has 0 radical (unpaired) electrons. The summed E-state index contributed by atoms with van der Waals surface area (Å²) in [7, 11) is 0. The van der Waals surface area contributed by atoms with Gasteiger partial charge in [-0.2, -0.15) is 0 Å². The van der Waals surface area contributed by atoms with Crippen LogP contribution in [0.5, 0.6) is 0 Å². The minimum atomic E-state index is -0.615. The molecule has 2 aromatic heterocycles. The van der Waals surface area contributed by atoms with Crippen molar-refractivity contribution in [3.05, 3.63) is 58.9 Å². The van der Waals surface area contributed by atoms with E-state index in [1.54, 1.807) is 23.5 Å². The number of amides is 1. The smallest absolute Gasteiger partial charge is 0.239 e. The molecule has 138 valence electrons. The van der Waals surface area contributed by atoms with Crippen molar-refractivity contribution in [3.63, 3.8) is 0 Å². The molecule has 0 bridgehead atoms. The van der Waals surface area contributed by atoms with Crippen LogP contribution in [0.3, 0.4) is 0 Å². The van der Waals surface area contributed by atoms with E-state index in [4.69, 9.17) is 4.52 Å². The fourth-order valence-corrected chi connectivity index (χ4v) is 4.67. The lowest BCUT2D eigenvalue weighted by Crippen LogP contribution is -2.47. The van der Waals surface area contributed by atoms with Gasteiger partial charge in [-0.1, -0.05) is 11.2 Å². The first-order valence-corrected chi connectivity index (χ1v) is 10.1. The van der Waals surface area contributed by atoms with Gasteiger partial charge in [0, 0.05) is 17.8 Å². The number of aryl methyl sites for hydroxylation is 1. The van der Waals surface area contributed by atoms with Crippen LogP contribution in [0.1, 0.15) is 37.4 Å². The zero-order valence-electron chi connectivity index (χ0n) is 14.9. The SMILES string of the molecule is C[C@@H]1CCc2cc(F)ccc2N1C(=O)C1(c2cc(-c3cccs3)on2)CC1. The predicted molar refractivity (Wildman–Crippen MR) is 102 cm³/mol. The van der Waals surface area contributed by atoms with Crippen molar-refractivity contribution in [1.82, 2.24) is 5.16 Å². The summed E-state index contributed by atoms with van der Waals surface area (Å²) in [5, 5.41) is 6.23. The van der Waals surface area contributed by atoms with Crippen LogP contribution < -0.4 is 4.90 Å². The standard InChI is InChI=1S/C21H19FN2O2S/c1-13-4-5-14-11-15(22)6-7-16(14)24(13)20(25)21(8-9-21)19-12-17(26-23-19)18-3-2-10-27-18/h2-3,6-7,10-13H,4-5,8-9H2,1H3/t13-/m1/s1. The van der Waals surface area contributed by atoms with Crippen molar-refractivity contribution in [2.75, 3.05) is 4.90 Å². The van der Waals surface area contributed by atoms with Crippen LogP contribution in [0, 0.1) is 5.82 Å². The normalized spacial score (nSPS) is 20.4. The number of carbonyl (C=O) groups excluding carboxylic acids is 1. The molecule has 2 aliphatic rings. The third-order valence-corrected chi connectivity index (χ3v) is 6.60. The molecule has 1 aliphatic heterocycles. The Morgan fingerprint density at radius 2 is 2.19 bits per heavy atom. The van der Waals surface area contributed by atoms with Gasteiger partial charge in [0.1, 0.15) is 5.82 Å². The third-order valence-electron chi connectivity index (χ3n) is 5.72. The Bertz CT molecular complexity index is 1010. The lowest BCUT2D eigenvalue weighted by Gasteiger charge is -2.37. The van der Waals surface area contributed by atoms with Gasteiger partial charge in [-0.05, 0) is 67.8 Å². The van der Waals surface area contributed by atoms with Gasteiger partial charge in [-0.25, -0.2) is 4.39 Å². The van der Waals surface area contributed by atoms with Gasteiger partial charge < -0.3 is 9.42 Å². The van der Waals surface area contributed by atoms with E-state index in [1.807, 2.05) is 28.5 Å². The molecule has 4 nitrogen and oxygen atoms in total. The summed E-state index contributed by atoms with van der Waals surface area (Å²) in [5.74, 6) is 0.496. The summed E-state index contributed by atoms with van der Waals surface area (Å²) in [4.78, 5) is 16.4. The van der Waals surface area contributed by atoms with Crippen molar-refractivity contribution < 1.29 is 13.7 Å². The van der Waals surface area contributed by atoms with E-state index in [2.05, 4.69) is 12.1 Å². The lowest BCUT2D eigenvalue weighted by molar-refractivity contribution is -0.121. The second-order valence-electron chi connectivity index (χ2n) is 7.47. The first-order chi connectivity index (χ1) is 13.1.